The van der Waals surface area contributed by atoms with Gasteiger partial charge in [-0.2, -0.15) is 0 Å². The number of epoxide rings is 1. The molecule has 0 radical (unpaired) electrons. The number of aliphatic carboxylic acids is 1. The van der Waals surface area contributed by atoms with Gasteiger partial charge in [0.2, 0.25) is 5.91 Å². The summed E-state index contributed by atoms with van der Waals surface area (Å²) in [7, 11) is 0. The number of carbonyl (C=O) groups is 3. The van der Waals surface area contributed by atoms with Crippen LogP contribution in [-0.4, -0.2) is 59.3 Å². The van der Waals surface area contributed by atoms with E-state index in [4.69, 9.17) is 25.4 Å². The van der Waals surface area contributed by atoms with Crippen molar-refractivity contribution in [1.82, 2.24) is 5.32 Å². The molecule has 1 aliphatic heterocycles. The molecule has 2 heterocycles. The number of rotatable bonds is 11. The first-order chi connectivity index (χ1) is 21.9. The Labute approximate surface area is 269 Å². The fourth-order valence-corrected chi connectivity index (χ4v) is 10.3. The number of nitrogens with one attached hydrogen (secondary N) is 1. The molecule has 12 nitrogen and oxygen atoms in total. The van der Waals surface area contributed by atoms with Gasteiger partial charge < -0.3 is 35.8 Å². The summed E-state index contributed by atoms with van der Waals surface area (Å²) in [6.07, 6.45) is 10.1. The monoisotopic (exact) mass is 640 g/mol. The van der Waals surface area contributed by atoms with Crippen LogP contribution in [0.3, 0.4) is 0 Å². The van der Waals surface area contributed by atoms with Crippen molar-refractivity contribution in [1.29, 1.82) is 0 Å². The number of hydrogen-bond acceptors (Lipinski definition) is 8. The maximum absolute atomic E-state index is 12.8. The van der Waals surface area contributed by atoms with Gasteiger partial charge in [-0.25, -0.2) is 9.59 Å². The number of fused-ring (bicyclic) bond motifs is 3. The molecule has 252 valence electrons. The molecule has 1 aromatic heterocycles. The van der Waals surface area contributed by atoms with Crippen LogP contribution in [-0.2, 0) is 23.9 Å². The standard InChI is InChI=1S/C34H48N4O8/c1-32-13-11-21(45-29(41)10-8-27(39)38-25(30(42)43)4-3-15-37-31(35)36)16-20(32)6-7-23-22(32)12-14-33(2)24(17-26-34(23,33)46-26)19-5-9-28(40)44-18-19/h5,9,18,20-26H,3-4,6-8,10-17H2,1-2H3,(H,38,39)(H,42,43)(H4,35,36,37). The Morgan fingerprint density at radius 2 is 1.89 bits per heavy atom. The highest BCUT2D eigenvalue weighted by atomic mass is 16.6. The third-order valence-electron chi connectivity index (χ3n) is 12.6. The Kier molecular flexibility index (Phi) is 8.71. The van der Waals surface area contributed by atoms with Gasteiger partial charge in [-0.15, -0.1) is 0 Å². The number of esters is 1. The molecule has 1 amide bonds. The van der Waals surface area contributed by atoms with Gasteiger partial charge >= 0.3 is 17.6 Å². The number of aliphatic imine (C=N–C) groups is 1. The molecule has 5 aliphatic rings. The highest BCUT2D eigenvalue weighted by Gasteiger charge is 2.80. The minimum atomic E-state index is -1.15. The number of carboxylic acid groups (broad SMARTS) is 1. The lowest BCUT2D eigenvalue weighted by Gasteiger charge is -2.61. The van der Waals surface area contributed by atoms with Crippen molar-refractivity contribution in [3.8, 4) is 0 Å². The van der Waals surface area contributed by atoms with E-state index in [1.807, 2.05) is 6.07 Å². The lowest BCUT2D eigenvalue weighted by molar-refractivity contribution is -0.165. The molecule has 0 aromatic carbocycles. The molecule has 5 fully saturated rings. The van der Waals surface area contributed by atoms with Gasteiger partial charge in [-0.3, -0.25) is 14.6 Å². The highest BCUT2D eigenvalue weighted by Crippen LogP contribution is 2.78. The van der Waals surface area contributed by atoms with E-state index in [9.17, 15) is 24.3 Å². The predicted octanol–water partition coefficient (Wildman–Crippen LogP) is 3.21. The Balaban J connectivity index is 1.01. The Hall–Kier alpha value is -3.41. The second-order valence-corrected chi connectivity index (χ2v) is 14.8. The van der Waals surface area contributed by atoms with Gasteiger partial charge in [-0.05, 0) is 105 Å². The van der Waals surface area contributed by atoms with E-state index in [-0.39, 0.29) is 66.0 Å². The van der Waals surface area contributed by atoms with Gasteiger partial charge in [0, 0.05) is 24.4 Å². The van der Waals surface area contributed by atoms with E-state index in [2.05, 4.69) is 24.2 Å². The number of amides is 1. The Morgan fingerprint density at radius 1 is 1.09 bits per heavy atom. The van der Waals surface area contributed by atoms with Gasteiger partial charge in [0.1, 0.15) is 17.7 Å². The van der Waals surface area contributed by atoms with Crippen molar-refractivity contribution in [2.75, 3.05) is 6.54 Å². The molecule has 1 saturated heterocycles. The van der Waals surface area contributed by atoms with Gasteiger partial charge in [-0.1, -0.05) is 13.8 Å². The second kappa shape index (κ2) is 12.3. The first kappa shape index (κ1) is 32.5. The van der Waals surface area contributed by atoms with Crippen molar-refractivity contribution in [3.63, 3.8) is 0 Å². The van der Waals surface area contributed by atoms with Crippen LogP contribution in [0.25, 0.3) is 0 Å². The van der Waals surface area contributed by atoms with E-state index >= 15 is 0 Å². The summed E-state index contributed by atoms with van der Waals surface area (Å²) in [5, 5.41) is 11.9. The van der Waals surface area contributed by atoms with Crippen LogP contribution in [0.2, 0.25) is 0 Å². The van der Waals surface area contributed by atoms with E-state index < -0.39 is 23.9 Å². The number of nitrogens with two attached hydrogens (primary N) is 2. The fourth-order valence-electron chi connectivity index (χ4n) is 10.3. The van der Waals surface area contributed by atoms with Crippen LogP contribution in [0.4, 0.5) is 0 Å². The molecule has 1 spiro atoms. The number of guanidine groups is 1. The quantitative estimate of drug-likeness (QED) is 0.0915. The maximum Gasteiger partial charge on any atom is 0.335 e. The first-order valence-electron chi connectivity index (χ1n) is 16.9. The molecule has 0 bridgehead atoms. The van der Waals surface area contributed by atoms with Crippen LogP contribution in [0.15, 0.2) is 32.6 Å². The van der Waals surface area contributed by atoms with Gasteiger partial charge in [0.05, 0.1) is 18.8 Å². The van der Waals surface area contributed by atoms with E-state index in [1.165, 1.54) is 6.07 Å². The van der Waals surface area contributed by atoms with Crippen molar-refractivity contribution < 1.29 is 33.4 Å². The van der Waals surface area contributed by atoms with Crippen molar-refractivity contribution in [2.45, 2.75) is 121 Å². The van der Waals surface area contributed by atoms with Crippen molar-refractivity contribution >= 4 is 23.8 Å². The number of nitrogens with zero attached hydrogens (tertiary/aromatic N) is 1. The summed E-state index contributed by atoms with van der Waals surface area (Å²) in [6.45, 7) is 5.11. The highest BCUT2D eigenvalue weighted by molar-refractivity contribution is 5.85. The summed E-state index contributed by atoms with van der Waals surface area (Å²) < 4.78 is 17.8. The Morgan fingerprint density at radius 3 is 2.61 bits per heavy atom. The average Bonchev–Trinajstić information content (AvgIpc) is 3.67. The lowest BCUT2D eigenvalue weighted by atomic mass is 9.44. The summed E-state index contributed by atoms with van der Waals surface area (Å²) >= 11 is 0. The zero-order valence-corrected chi connectivity index (χ0v) is 26.9. The van der Waals surface area contributed by atoms with Crippen molar-refractivity contribution in [3.05, 3.63) is 34.4 Å². The zero-order chi connectivity index (χ0) is 32.9. The smallest absolute Gasteiger partial charge is 0.335 e. The fraction of sp³-hybridized carbons (Fsp3) is 0.735. The van der Waals surface area contributed by atoms with Crippen LogP contribution in [0.1, 0.15) is 102 Å². The third kappa shape index (κ3) is 5.71. The molecule has 12 heteroatoms. The molecular formula is C34H48N4O8. The minimum Gasteiger partial charge on any atom is -0.480 e. The first-order valence-corrected chi connectivity index (χ1v) is 16.9. The third-order valence-corrected chi connectivity index (χ3v) is 12.6. The number of carboxylic acids is 1. The van der Waals surface area contributed by atoms with Crippen LogP contribution < -0.4 is 22.4 Å². The molecule has 1 aromatic rings. The van der Waals surface area contributed by atoms with Crippen LogP contribution >= 0.6 is 0 Å². The molecule has 4 aliphatic carbocycles. The number of ether oxygens (including phenoxy) is 2. The zero-order valence-electron chi connectivity index (χ0n) is 26.9. The summed E-state index contributed by atoms with van der Waals surface area (Å²) in [6, 6.07) is 2.39. The predicted molar refractivity (Wildman–Crippen MR) is 168 cm³/mol. The summed E-state index contributed by atoms with van der Waals surface area (Å²) in [5.74, 6) is -0.315. The SMILES string of the molecule is CC12CCC(OC(=O)CCC(=O)NC(CCCN=C(N)N)C(=O)O)CC1CCC1C2CCC2(C)C(c3ccc(=O)oc3)CC3OC312. The van der Waals surface area contributed by atoms with E-state index in [0.717, 1.165) is 56.9 Å². The van der Waals surface area contributed by atoms with Gasteiger partial charge in [0.15, 0.2) is 5.96 Å². The molecule has 4 saturated carbocycles. The summed E-state index contributed by atoms with van der Waals surface area (Å²) in [4.78, 5) is 52.2. The van der Waals surface area contributed by atoms with Crippen LogP contribution in [0.5, 0.6) is 0 Å². The van der Waals surface area contributed by atoms with E-state index in [1.54, 1.807) is 6.26 Å². The van der Waals surface area contributed by atoms with Crippen molar-refractivity contribution in [2.24, 2.45) is 45.0 Å². The molecule has 46 heavy (non-hydrogen) atoms. The number of carbonyl (C=O) groups excluding carboxylic acids is 2. The molecular weight excluding hydrogens is 592 g/mol. The topological polar surface area (TPSA) is 200 Å². The second-order valence-electron chi connectivity index (χ2n) is 14.8. The molecule has 10 atom stereocenters. The summed E-state index contributed by atoms with van der Waals surface area (Å²) in [5.41, 5.74) is 11.4. The lowest BCUT2D eigenvalue weighted by Crippen LogP contribution is -2.58. The molecule has 6 N–H and O–H groups in total. The molecule has 10 unspecified atom stereocenters. The van der Waals surface area contributed by atoms with Crippen LogP contribution in [0, 0.1) is 28.6 Å². The Bertz CT molecular complexity index is 1420. The average molecular weight is 641 g/mol. The molecule has 6 rings (SSSR count). The van der Waals surface area contributed by atoms with E-state index in [0.29, 0.717) is 30.1 Å². The minimum absolute atomic E-state index is 0.0129. The van der Waals surface area contributed by atoms with Gasteiger partial charge in [0.25, 0.3) is 0 Å². The normalized spacial score (nSPS) is 37.8. The largest absolute Gasteiger partial charge is 0.480 e. The maximum atomic E-state index is 12.8. The number of hydrogen-bond donors (Lipinski definition) is 4.